The molecule has 2 amide bonds. The Morgan fingerprint density at radius 3 is 2.43 bits per heavy atom. The van der Waals surface area contributed by atoms with Crippen LogP contribution in [0.4, 0.5) is 0 Å². The third-order valence-corrected chi connectivity index (χ3v) is 5.89. The zero-order chi connectivity index (χ0) is 15.1. The van der Waals surface area contributed by atoms with Crippen molar-refractivity contribution in [3.63, 3.8) is 0 Å². The molecule has 118 valence electrons. The normalized spacial score (nSPS) is 32.4. The fourth-order valence-electron chi connectivity index (χ4n) is 3.94. The first kappa shape index (κ1) is 14.9. The molecule has 1 saturated heterocycles. The highest BCUT2D eigenvalue weighted by Crippen LogP contribution is 2.41. The van der Waals surface area contributed by atoms with E-state index in [9.17, 15) is 9.59 Å². The number of nitrogens with zero attached hydrogens (tertiary/aromatic N) is 1. The molecule has 0 radical (unpaired) electrons. The number of hydrogen-bond donors (Lipinski definition) is 1. The number of rotatable bonds is 4. The first-order valence-electron chi connectivity index (χ1n) is 8.66. The van der Waals surface area contributed by atoms with Gasteiger partial charge in [0.15, 0.2) is 0 Å². The van der Waals surface area contributed by atoms with Gasteiger partial charge in [0.2, 0.25) is 11.8 Å². The van der Waals surface area contributed by atoms with Gasteiger partial charge in [-0.05, 0) is 38.5 Å². The standard InChI is InChI=1S/C17H28N2O2/c1-3-16(2)15(21)19(12-9-13-7-8-13)17(14(20)18-16)10-5-4-6-11-17/h13H,3-12H2,1-2H3,(H,18,20). The van der Waals surface area contributed by atoms with E-state index in [1.807, 2.05) is 18.7 Å². The van der Waals surface area contributed by atoms with Crippen molar-refractivity contribution in [3.05, 3.63) is 0 Å². The number of nitrogens with one attached hydrogen (secondary N) is 1. The van der Waals surface area contributed by atoms with Crippen LogP contribution in [-0.4, -0.2) is 34.3 Å². The minimum absolute atomic E-state index is 0.0990. The summed E-state index contributed by atoms with van der Waals surface area (Å²) in [7, 11) is 0. The molecule has 1 heterocycles. The summed E-state index contributed by atoms with van der Waals surface area (Å²) >= 11 is 0. The monoisotopic (exact) mass is 292 g/mol. The molecule has 21 heavy (non-hydrogen) atoms. The van der Waals surface area contributed by atoms with Crippen LogP contribution in [0.3, 0.4) is 0 Å². The second-order valence-electron chi connectivity index (χ2n) is 7.42. The molecule has 0 aromatic carbocycles. The van der Waals surface area contributed by atoms with E-state index in [4.69, 9.17) is 0 Å². The van der Waals surface area contributed by atoms with E-state index < -0.39 is 11.1 Å². The summed E-state index contributed by atoms with van der Waals surface area (Å²) in [5.41, 5.74) is -1.25. The highest BCUT2D eigenvalue weighted by Gasteiger charge is 2.56. The Morgan fingerprint density at radius 1 is 1.19 bits per heavy atom. The van der Waals surface area contributed by atoms with Gasteiger partial charge in [-0.25, -0.2) is 0 Å². The Bertz CT molecular complexity index is 438. The Labute approximate surface area is 127 Å². The van der Waals surface area contributed by atoms with Crippen molar-refractivity contribution < 1.29 is 9.59 Å². The number of carbonyl (C=O) groups is 2. The maximum absolute atomic E-state index is 13.0. The van der Waals surface area contributed by atoms with E-state index in [1.165, 1.54) is 19.3 Å². The summed E-state index contributed by atoms with van der Waals surface area (Å²) in [6.45, 7) is 4.63. The Kier molecular flexibility index (Phi) is 3.74. The molecule has 0 aromatic heterocycles. The number of hydrogen-bond acceptors (Lipinski definition) is 2. The van der Waals surface area contributed by atoms with Crippen LogP contribution in [0.2, 0.25) is 0 Å². The topological polar surface area (TPSA) is 49.4 Å². The Morgan fingerprint density at radius 2 is 1.86 bits per heavy atom. The lowest BCUT2D eigenvalue weighted by Crippen LogP contribution is -2.75. The molecule has 4 heteroatoms. The molecule has 3 rings (SSSR count). The van der Waals surface area contributed by atoms with Crippen LogP contribution in [0.15, 0.2) is 0 Å². The summed E-state index contributed by atoms with van der Waals surface area (Å²) < 4.78 is 0. The molecule has 1 unspecified atom stereocenters. The smallest absolute Gasteiger partial charge is 0.248 e. The molecule has 1 atom stereocenters. The van der Waals surface area contributed by atoms with Crippen LogP contribution in [-0.2, 0) is 9.59 Å². The molecular formula is C17H28N2O2. The van der Waals surface area contributed by atoms with Gasteiger partial charge in [0, 0.05) is 6.54 Å². The lowest BCUT2D eigenvalue weighted by molar-refractivity contribution is -0.165. The Hall–Kier alpha value is -1.06. The molecule has 2 saturated carbocycles. The predicted molar refractivity (Wildman–Crippen MR) is 81.7 cm³/mol. The van der Waals surface area contributed by atoms with Gasteiger partial charge in [0.25, 0.3) is 0 Å². The van der Waals surface area contributed by atoms with Crippen molar-refractivity contribution >= 4 is 11.8 Å². The molecule has 0 aromatic rings. The third-order valence-electron chi connectivity index (χ3n) is 5.89. The van der Waals surface area contributed by atoms with Gasteiger partial charge in [0.1, 0.15) is 11.1 Å². The van der Waals surface area contributed by atoms with E-state index in [1.54, 1.807) is 0 Å². The van der Waals surface area contributed by atoms with Gasteiger partial charge in [-0.15, -0.1) is 0 Å². The summed E-state index contributed by atoms with van der Waals surface area (Å²) in [5, 5.41) is 3.06. The van der Waals surface area contributed by atoms with Gasteiger partial charge in [-0.2, -0.15) is 0 Å². The van der Waals surface area contributed by atoms with E-state index in [0.717, 1.165) is 44.6 Å². The first-order valence-corrected chi connectivity index (χ1v) is 8.66. The van der Waals surface area contributed by atoms with Gasteiger partial charge < -0.3 is 10.2 Å². The molecule has 3 fully saturated rings. The van der Waals surface area contributed by atoms with Crippen LogP contribution < -0.4 is 5.32 Å². The summed E-state index contributed by atoms with van der Waals surface area (Å²) in [6, 6.07) is 0. The fourth-order valence-corrected chi connectivity index (χ4v) is 3.94. The molecule has 1 N–H and O–H groups in total. The second kappa shape index (κ2) is 5.29. The van der Waals surface area contributed by atoms with Crippen LogP contribution in [0.1, 0.15) is 71.6 Å². The van der Waals surface area contributed by atoms with Crippen LogP contribution in [0.5, 0.6) is 0 Å². The van der Waals surface area contributed by atoms with Gasteiger partial charge in [-0.1, -0.05) is 39.0 Å². The summed E-state index contributed by atoms with van der Waals surface area (Å²) in [4.78, 5) is 27.9. The van der Waals surface area contributed by atoms with Crippen molar-refractivity contribution in [1.29, 1.82) is 0 Å². The Balaban J connectivity index is 1.88. The van der Waals surface area contributed by atoms with E-state index in [-0.39, 0.29) is 11.8 Å². The lowest BCUT2D eigenvalue weighted by atomic mass is 9.75. The van der Waals surface area contributed by atoms with Crippen LogP contribution in [0.25, 0.3) is 0 Å². The van der Waals surface area contributed by atoms with E-state index in [2.05, 4.69) is 5.32 Å². The van der Waals surface area contributed by atoms with Gasteiger partial charge >= 0.3 is 0 Å². The second-order valence-corrected chi connectivity index (χ2v) is 7.42. The molecule has 0 bridgehead atoms. The quantitative estimate of drug-likeness (QED) is 0.866. The summed E-state index contributed by atoms with van der Waals surface area (Å²) in [5.74, 6) is 1.03. The maximum atomic E-state index is 13.0. The molecule has 1 spiro atoms. The molecule has 4 nitrogen and oxygen atoms in total. The fraction of sp³-hybridized carbons (Fsp3) is 0.882. The molecule has 3 aliphatic rings. The highest BCUT2D eigenvalue weighted by atomic mass is 16.2. The number of amides is 2. The number of carbonyl (C=O) groups excluding carboxylic acids is 2. The first-order chi connectivity index (χ1) is 10.0. The van der Waals surface area contributed by atoms with Gasteiger partial charge in [-0.3, -0.25) is 9.59 Å². The van der Waals surface area contributed by atoms with Crippen molar-refractivity contribution in [2.75, 3.05) is 6.54 Å². The molecular weight excluding hydrogens is 264 g/mol. The zero-order valence-corrected chi connectivity index (χ0v) is 13.4. The van der Waals surface area contributed by atoms with Crippen molar-refractivity contribution in [1.82, 2.24) is 10.2 Å². The zero-order valence-electron chi connectivity index (χ0n) is 13.4. The molecule has 1 aliphatic heterocycles. The van der Waals surface area contributed by atoms with Crippen molar-refractivity contribution in [3.8, 4) is 0 Å². The van der Waals surface area contributed by atoms with E-state index >= 15 is 0 Å². The SMILES string of the molecule is CCC1(C)NC(=O)C2(CCCCC2)N(CCC2CC2)C1=O. The average molecular weight is 292 g/mol. The lowest BCUT2D eigenvalue weighted by Gasteiger charge is -2.53. The van der Waals surface area contributed by atoms with Crippen LogP contribution in [0, 0.1) is 5.92 Å². The minimum atomic E-state index is -0.705. The maximum Gasteiger partial charge on any atom is 0.248 e. The number of piperazine rings is 1. The largest absolute Gasteiger partial charge is 0.340 e. The average Bonchev–Trinajstić information content (AvgIpc) is 3.31. The predicted octanol–water partition coefficient (Wildman–Crippen LogP) is 2.62. The third kappa shape index (κ3) is 2.47. The minimum Gasteiger partial charge on any atom is -0.340 e. The van der Waals surface area contributed by atoms with E-state index in [0.29, 0.717) is 6.42 Å². The van der Waals surface area contributed by atoms with Crippen molar-refractivity contribution in [2.24, 2.45) is 5.92 Å². The highest BCUT2D eigenvalue weighted by molar-refractivity contribution is 6.02. The van der Waals surface area contributed by atoms with Crippen LogP contribution >= 0.6 is 0 Å². The molecule has 2 aliphatic carbocycles. The van der Waals surface area contributed by atoms with Crippen molar-refractivity contribution in [2.45, 2.75) is 82.7 Å². The van der Waals surface area contributed by atoms with Gasteiger partial charge in [0.05, 0.1) is 0 Å². The summed E-state index contributed by atoms with van der Waals surface area (Å²) in [6.07, 6.45) is 9.31.